The lowest BCUT2D eigenvalue weighted by atomic mass is 9.94. The number of nitriles is 1. The van der Waals surface area contributed by atoms with Gasteiger partial charge in [-0.05, 0) is 16.3 Å². The van der Waals surface area contributed by atoms with Crippen LogP contribution in [0.2, 0.25) is 0 Å². The highest BCUT2D eigenvalue weighted by molar-refractivity contribution is 5.88. The van der Waals surface area contributed by atoms with E-state index in [-0.39, 0.29) is 0 Å². The zero-order chi connectivity index (χ0) is 13.2. The quantitative estimate of drug-likeness (QED) is 0.901. The number of hydrogen-bond acceptors (Lipinski definition) is 2. The van der Waals surface area contributed by atoms with Gasteiger partial charge in [0.2, 0.25) is 0 Å². The first kappa shape index (κ1) is 12.1. The molecule has 3 nitrogen and oxygen atoms in total. The number of carboxylic acids is 1. The van der Waals surface area contributed by atoms with Gasteiger partial charge in [-0.3, -0.25) is 0 Å². The van der Waals surface area contributed by atoms with Crippen molar-refractivity contribution in [3.63, 3.8) is 0 Å². The largest absolute Gasteiger partial charge is 0.478 e. The number of alkyl halides is 1. The first-order valence-corrected chi connectivity index (χ1v) is 5.37. The van der Waals surface area contributed by atoms with Crippen LogP contribution in [0, 0.1) is 11.3 Å². The van der Waals surface area contributed by atoms with Gasteiger partial charge in [0.15, 0.2) is 0 Å². The number of rotatable bonds is 3. The Morgan fingerprint density at radius 1 is 1.28 bits per heavy atom. The summed E-state index contributed by atoms with van der Waals surface area (Å²) < 4.78 is 13.9. The van der Waals surface area contributed by atoms with Gasteiger partial charge in [0.1, 0.15) is 6.07 Å². The Kier molecular flexibility index (Phi) is 2.99. The van der Waals surface area contributed by atoms with Gasteiger partial charge < -0.3 is 5.11 Å². The lowest BCUT2D eigenvalue weighted by molar-refractivity contribution is -0.146. The number of benzene rings is 2. The van der Waals surface area contributed by atoms with E-state index in [1.54, 1.807) is 24.3 Å². The van der Waals surface area contributed by atoms with E-state index in [1.807, 2.05) is 18.2 Å². The molecule has 0 aliphatic rings. The predicted octanol–water partition coefficient (Wildman–Crippen LogP) is 2.70. The molecule has 1 N–H and O–H groups in total. The van der Waals surface area contributed by atoms with Crippen LogP contribution in [-0.2, 0) is 11.2 Å². The molecule has 4 heteroatoms. The van der Waals surface area contributed by atoms with Crippen molar-refractivity contribution in [3.8, 4) is 6.07 Å². The fourth-order valence-electron chi connectivity index (χ4n) is 1.87. The average Bonchev–Trinajstić information content (AvgIpc) is 2.39. The molecule has 2 aromatic carbocycles. The predicted molar refractivity (Wildman–Crippen MR) is 64.7 cm³/mol. The summed E-state index contributed by atoms with van der Waals surface area (Å²) >= 11 is 0. The van der Waals surface area contributed by atoms with Gasteiger partial charge >= 0.3 is 5.97 Å². The lowest BCUT2D eigenvalue weighted by Gasteiger charge is -2.13. The van der Waals surface area contributed by atoms with E-state index in [2.05, 4.69) is 0 Å². The molecule has 18 heavy (non-hydrogen) atoms. The Bertz CT molecular complexity index is 642. The Hall–Kier alpha value is -2.41. The molecule has 0 aliphatic carbocycles. The van der Waals surface area contributed by atoms with Gasteiger partial charge in [0.25, 0.3) is 5.67 Å². The van der Waals surface area contributed by atoms with Crippen LogP contribution in [0.15, 0.2) is 42.5 Å². The normalized spacial score (nSPS) is 13.8. The molecule has 0 saturated heterocycles. The fraction of sp³-hybridized carbons (Fsp3) is 0.143. The molecule has 2 aromatic rings. The summed E-state index contributed by atoms with van der Waals surface area (Å²) in [5.74, 6) is -1.75. The second-order valence-corrected chi connectivity index (χ2v) is 4.03. The van der Waals surface area contributed by atoms with Crippen molar-refractivity contribution >= 4 is 16.7 Å². The molecule has 0 spiro atoms. The van der Waals surface area contributed by atoms with Crippen molar-refractivity contribution in [1.29, 1.82) is 5.26 Å². The van der Waals surface area contributed by atoms with Gasteiger partial charge in [0.05, 0.1) is 0 Å². The van der Waals surface area contributed by atoms with Crippen molar-refractivity contribution < 1.29 is 14.3 Å². The van der Waals surface area contributed by atoms with Crippen LogP contribution in [0.5, 0.6) is 0 Å². The lowest BCUT2D eigenvalue weighted by Crippen LogP contribution is -2.34. The number of aliphatic carboxylic acids is 1. The monoisotopic (exact) mass is 243 g/mol. The third kappa shape index (κ3) is 2.03. The Morgan fingerprint density at radius 3 is 2.61 bits per heavy atom. The molecule has 0 aromatic heterocycles. The zero-order valence-corrected chi connectivity index (χ0v) is 9.43. The molecule has 0 radical (unpaired) electrons. The second-order valence-electron chi connectivity index (χ2n) is 4.03. The van der Waals surface area contributed by atoms with Crippen LogP contribution in [0.4, 0.5) is 4.39 Å². The van der Waals surface area contributed by atoms with Gasteiger partial charge in [-0.25, -0.2) is 9.18 Å². The van der Waals surface area contributed by atoms with E-state index in [0.29, 0.717) is 5.56 Å². The maximum Gasteiger partial charge on any atom is 0.356 e. The van der Waals surface area contributed by atoms with E-state index < -0.39 is 18.1 Å². The van der Waals surface area contributed by atoms with Crippen LogP contribution in [-0.4, -0.2) is 16.7 Å². The molecule has 0 aliphatic heterocycles. The number of fused-ring (bicyclic) bond motifs is 1. The van der Waals surface area contributed by atoms with Gasteiger partial charge in [-0.2, -0.15) is 5.26 Å². The summed E-state index contributed by atoms with van der Waals surface area (Å²) in [7, 11) is 0. The molecular formula is C14H10FNO2. The SMILES string of the molecule is N#CC(F)(Cc1cccc2ccccc12)C(=O)O. The molecule has 1 unspecified atom stereocenters. The third-order valence-corrected chi connectivity index (χ3v) is 2.83. The summed E-state index contributed by atoms with van der Waals surface area (Å²) in [6.07, 6.45) is -0.458. The fourth-order valence-corrected chi connectivity index (χ4v) is 1.87. The molecule has 0 heterocycles. The Morgan fingerprint density at radius 2 is 1.94 bits per heavy atom. The van der Waals surface area contributed by atoms with Crippen molar-refractivity contribution in [3.05, 3.63) is 48.0 Å². The minimum absolute atomic E-state index is 0.458. The van der Waals surface area contributed by atoms with E-state index in [4.69, 9.17) is 10.4 Å². The summed E-state index contributed by atoms with van der Waals surface area (Å²) in [5, 5.41) is 19.1. The topological polar surface area (TPSA) is 61.1 Å². The second kappa shape index (κ2) is 4.46. The van der Waals surface area contributed by atoms with E-state index in [1.165, 1.54) is 6.07 Å². The van der Waals surface area contributed by atoms with Crippen molar-refractivity contribution in [2.75, 3.05) is 0 Å². The van der Waals surface area contributed by atoms with E-state index in [0.717, 1.165) is 10.8 Å². The maximum absolute atomic E-state index is 13.9. The molecule has 0 fully saturated rings. The highest BCUT2D eigenvalue weighted by Gasteiger charge is 2.39. The zero-order valence-electron chi connectivity index (χ0n) is 9.43. The van der Waals surface area contributed by atoms with E-state index in [9.17, 15) is 9.18 Å². The summed E-state index contributed by atoms with van der Waals surface area (Å²) in [6.45, 7) is 0. The average molecular weight is 243 g/mol. The smallest absolute Gasteiger partial charge is 0.356 e. The van der Waals surface area contributed by atoms with Crippen LogP contribution in [0.3, 0.4) is 0 Å². The summed E-state index contributed by atoms with van der Waals surface area (Å²) in [5.41, 5.74) is -2.37. The van der Waals surface area contributed by atoms with Gasteiger partial charge in [0, 0.05) is 6.42 Å². The molecule has 90 valence electrons. The molecule has 0 saturated carbocycles. The van der Waals surface area contributed by atoms with Crippen LogP contribution < -0.4 is 0 Å². The van der Waals surface area contributed by atoms with Crippen LogP contribution in [0.25, 0.3) is 10.8 Å². The summed E-state index contributed by atoms with van der Waals surface area (Å²) in [6, 6.07) is 13.7. The van der Waals surface area contributed by atoms with E-state index >= 15 is 0 Å². The van der Waals surface area contributed by atoms with Crippen molar-refractivity contribution in [1.82, 2.24) is 0 Å². The Labute approximate surface area is 103 Å². The Balaban J connectivity index is 2.50. The molecule has 1 atom stereocenters. The number of carbonyl (C=O) groups is 1. The molecule has 2 rings (SSSR count). The minimum atomic E-state index is -2.88. The first-order valence-electron chi connectivity index (χ1n) is 5.37. The first-order chi connectivity index (χ1) is 8.57. The maximum atomic E-state index is 13.9. The highest BCUT2D eigenvalue weighted by atomic mass is 19.1. The molecule has 0 amide bonds. The molecule has 0 bridgehead atoms. The number of hydrogen-bond donors (Lipinski definition) is 1. The van der Waals surface area contributed by atoms with Gasteiger partial charge in [-0.15, -0.1) is 0 Å². The van der Waals surface area contributed by atoms with Crippen LogP contribution in [0.1, 0.15) is 5.56 Å². The van der Waals surface area contributed by atoms with Gasteiger partial charge in [-0.1, -0.05) is 42.5 Å². The molecular weight excluding hydrogens is 233 g/mol. The van der Waals surface area contributed by atoms with Crippen LogP contribution >= 0.6 is 0 Å². The standard InChI is InChI=1S/C14H10FNO2/c15-14(9-16,13(17)18)8-11-6-3-5-10-4-1-2-7-12(10)11/h1-7H,8H2,(H,17,18). The minimum Gasteiger partial charge on any atom is -0.478 e. The third-order valence-electron chi connectivity index (χ3n) is 2.83. The highest BCUT2D eigenvalue weighted by Crippen LogP contribution is 2.24. The number of halogens is 1. The van der Waals surface area contributed by atoms with Crippen molar-refractivity contribution in [2.24, 2.45) is 0 Å². The summed E-state index contributed by atoms with van der Waals surface area (Å²) in [4.78, 5) is 10.8. The van der Waals surface area contributed by atoms with Crippen molar-refractivity contribution in [2.45, 2.75) is 12.1 Å². The number of nitrogens with zero attached hydrogens (tertiary/aromatic N) is 1. The number of carboxylic acid groups (broad SMARTS) is 1.